The van der Waals surface area contributed by atoms with Gasteiger partial charge in [-0.3, -0.25) is 9.59 Å². The first kappa shape index (κ1) is 20.9. The van der Waals surface area contributed by atoms with Crippen LogP contribution in [-0.4, -0.2) is 43.9 Å². The van der Waals surface area contributed by atoms with Crippen molar-refractivity contribution in [2.75, 3.05) is 20.3 Å². The molecule has 0 unspecified atom stereocenters. The van der Waals surface area contributed by atoms with Gasteiger partial charge in [0.15, 0.2) is 0 Å². The predicted octanol–water partition coefficient (Wildman–Crippen LogP) is 2.19. The van der Waals surface area contributed by atoms with Crippen molar-refractivity contribution in [3.63, 3.8) is 0 Å². The van der Waals surface area contributed by atoms with E-state index in [1.165, 1.54) is 7.11 Å². The zero-order valence-corrected chi connectivity index (χ0v) is 14.4. The van der Waals surface area contributed by atoms with Gasteiger partial charge in [0.2, 0.25) is 0 Å². The molecule has 0 amide bonds. The van der Waals surface area contributed by atoms with Crippen LogP contribution in [0.4, 0.5) is 0 Å². The van der Waals surface area contributed by atoms with Crippen molar-refractivity contribution in [1.82, 2.24) is 0 Å². The molecular formula is C16H31NO5. The summed E-state index contributed by atoms with van der Waals surface area (Å²) >= 11 is 0. The van der Waals surface area contributed by atoms with E-state index in [9.17, 15) is 9.59 Å². The highest BCUT2D eigenvalue weighted by Gasteiger charge is 2.15. The summed E-state index contributed by atoms with van der Waals surface area (Å²) in [4.78, 5) is 22.5. The summed E-state index contributed by atoms with van der Waals surface area (Å²) in [5.41, 5.74) is 5.20. The Hall–Kier alpha value is -1.14. The van der Waals surface area contributed by atoms with Gasteiger partial charge in [0.05, 0.1) is 7.11 Å². The first-order valence-corrected chi connectivity index (χ1v) is 7.89. The molecule has 0 spiro atoms. The minimum atomic E-state index is -0.543. The third-order valence-corrected chi connectivity index (χ3v) is 2.90. The van der Waals surface area contributed by atoms with Crippen molar-refractivity contribution in [3.05, 3.63) is 0 Å². The molecule has 1 atom stereocenters. The van der Waals surface area contributed by atoms with Gasteiger partial charge in [-0.05, 0) is 52.9 Å². The molecule has 22 heavy (non-hydrogen) atoms. The van der Waals surface area contributed by atoms with Gasteiger partial charge >= 0.3 is 11.9 Å². The lowest BCUT2D eigenvalue weighted by atomic mass is 10.1. The number of methoxy groups -OCH3 is 1. The Morgan fingerprint density at radius 2 is 1.64 bits per heavy atom. The minimum Gasteiger partial charge on any atom is -0.468 e. The fourth-order valence-corrected chi connectivity index (χ4v) is 1.81. The van der Waals surface area contributed by atoms with Gasteiger partial charge < -0.3 is 19.9 Å². The zero-order valence-electron chi connectivity index (χ0n) is 14.4. The Bertz CT molecular complexity index is 325. The molecule has 0 aromatic rings. The van der Waals surface area contributed by atoms with Crippen LogP contribution in [0.2, 0.25) is 0 Å². The van der Waals surface area contributed by atoms with Gasteiger partial charge in [-0.25, -0.2) is 0 Å². The van der Waals surface area contributed by atoms with Crippen LogP contribution in [0.25, 0.3) is 0 Å². The second kappa shape index (κ2) is 11.4. The van der Waals surface area contributed by atoms with Crippen molar-refractivity contribution >= 4 is 11.9 Å². The van der Waals surface area contributed by atoms with Gasteiger partial charge in [0, 0.05) is 19.6 Å². The SMILES string of the molecule is COC(=O)[C@@H](N)CCCCOCCCCC(=O)OC(C)(C)C. The maximum Gasteiger partial charge on any atom is 0.322 e. The predicted molar refractivity (Wildman–Crippen MR) is 84.4 cm³/mol. The number of rotatable bonds is 11. The first-order chi connectivity index (χ1) is 10.3. The second-order valence-corrected chi connectivity index (χ2v) is 6.28. The number of carbonyl (C=O) groups excluding carboxylic acids is 2. The lowest BCUT2D eigenvalue weighted by Gasteiger charge is -2.19. The van der Waals surface area contributed by atoms with E-state index < -0.39 is 11.6 Å². The lowest BCUT2D eigenvalue weighted by molar-refractivity contribution is -0.155. The monoisotopic (exact) mass is 317 g/mol. The van der Waals surface area contributed by atoms with Crippen molar-refractivity contribution in [1.29, 1.82) is 0 Å². The van der Waals surface area contributed by atoms with E-state index in [1.807, 2.05) is 20.8 Å². The molecule has 130 valence electrons. The zero-order chi connectivity index (χ0) is 17.0. The largest absolute Gasteiger partial charge is 0.468 e. The van der Waals surface area contributed by atoms with Crippen LogP contribution in [0.5, 0.6) is 0 Å². The molecule has 0 saturated heterocycles. The molecule has 6 nitrogen and oxygen atoms in total. The number of ether oxygens (including phenoxy) is 3. The molecule has 0 radical (unpaired) electrons. The van der Waals surface area contributed by atoms with E-state index >= 15 is 0 Å². The van der Waals surface area contributed by atoms with Gasteiger partial charge in [0.25, 0.3) is 0 Å². The number of esters is 2. The average molecular weight is 317 g/mol. The van der Waals surface area contributed by atoms with E-state index in [0.29, 0.717) is 26.1 Å². The molecule has 6 heteroatoms. The summed E-state index contributed by atoms with van der Waals surface area (Å²) in [7, 11) is 1.34. The van der Waals surface area contributed by atoms with Crippen LogP contribution in [0.3, 0.4) is 0 Å². The van der Waals surface area contributed by atoms with Gasteiger partial charge in [0.1, 0.15) is 11.6 Å². The molecule has 0 fully saturated rings. The highest BCUT2D eigenvalue weighted by molar-refractivity contribution is 5.75. The molecule has 0 saturated carbocycles. The maximum atomic E-state index is 11.5. The standard InChI is InChI=1S/C16H31NO5/c1-16(2,3)22-14(18)10-6-8-12-21-11-7-5-9-13(17)15(19)20-4/h13H,5-12,17H2,1-4H3/t13-/m0/s1. The van der Waals surface area contributed by atoms with E-state index in [1.54, 1.807) is 0 Å². The summed E-state index contributed by atoms with van der Waals surface area (Å²) in [6.45, 7) is 6.85. The molecule has 2 N–H and O–H groups in total. The van der Waals surface area contributed by atoms with Crippen LogP contribution in [0, 0.1) is 0 Å². The topological polar surface area (TPSA) is 87.9 Å². The van der Waals surface area contributed by atoms with E-state index in [4.69, 9.17) is 15.2 Å². The van der Waals surface area contributed by atoms with Crippen LogP contribution in [0.1, 0.15) is 59.3 Å². The summed E-state index contributed by atoms with van der Waals surface area (Å²) < 4.78 is 15.2. The fraction of sp³-hybridized carbons (Fsp3) is 0.875. The molecule has 0 aliphatic rings. The van der Waals surface area contributed by atoms with Crippen LogP contribution >= 0.6 is 0 Å². The van der Waals surface area contributed by atoms with Crippen molar-refractivity contribution in [2.45, 2.75) is 70.9 Å². The Morgan fingerprint density at radius 3 is 2.18 bits per heavy atom. The molecule has 0 aromatic carbocycles. The fourth-order valence-electron chi connectivity index (χ4n) is 1.81. The lowest BCUT2D eigenvalue weighted by Crippen LogP contribution is -2.31. The summed E-state index contributed by atoms with van der Waals surface area (Å²) in [5.74, 6) is -0.535. The second-order valence-electron chi connectivity index (χ2n) is 6.28. The summed E-state index contributed by atoms with van der Waals surface area (Å²) in [6.07, 6.45) is 4.32. The Kier molecular flexibility index (Phi) is 10.8. The van der Waals surface area contributed by atoms with Gasteiger partial charge in [-0.2, -0.15) is 0 Å². The maximum absolute atomic E-state index is 11.5. The molecular weight excluding hydrogens is 286 g/mol. The van der Waals surface area contributed by atoms with Crippen molar-refractivity contribution in [3.8, 4) is 0 Å². The van der Waals surface area contributed by atoms with Gasteiger partial charge in [-0.15, -0.1) is 0 Å². The van der Waals surface area contributed by atoms with E-state index in [2.05, 4.69) is 4.74 Å². The Labute approximate surface area is 133 Å². The van der Waals surface area contributed by atoms with E-state index in [-0.39, 0.29) is 11.9 Å². The van der Waals surface area contributed by atoms with Crippen molar-refractivity contribution in [2.24, 2.45) is 5.73 Å². The van der Waals surface area contributed by atoms with Gasteiger partial charge in [-0.1, -0.05) is 0 Å². The average Bonchev–Trinajstić information content (AvgIpc) is 2.42. The Balaban J connectivity index is 3.37. The van der Waals surface area contributed by atoms with Crippen LogP contribution in [-0.2, 0) is 23.8 Å². The molecule has 0 rings (SSSR count). The molecule has 0 heterocycles. The highest BCUT2D eigenvalue weighted by Crippen LogP contribution is 2.10. The van der Waals surface area contributed by atoms with Crippen molar-refractivity contribution < 1.29 is 23.8 Å². The summed E-state index contributed by atoms with van der Waals surface area (Å²) in [5, 5.41) is 0. The minimum absolute atomic E-state index is 0.163. The normalized spacial score (nSPS) is 12.8. The third-order valence-electron chi connectivity index (χ3n) is 2.90. The quantitative estimate of drug-likeness (QED) is 0.464. The molecule has 0 aliphatic heterocycles. The van der Waals surface area contributed by atoms with E-state index in [0.717, 1.165) is 25.7 Å². The van der Waals surface area contributed by atoms with Crippen LogP contribution in [0.15, 0.2) is 0 Å². The first-order valence-electron chi connectivity index (χ1n) is 7.89. The highest BCUT2D eigenvalue weighted by atomic mass is 16.6. The molecule has 0 aliphatic carbocycles. The molecule has 0 aromatic heterocycles. The Morgan fingerprint density at radius 1 is 1.05 bits per heavy atom. The number of hydrogen-bond acceptors (Lipinski definition) is 6. The third kappa shape index (κ3) is 12.6. The molecule has 0 bridgehead atoms. The number of carbonyl (C=O) groups is 2. The summed E-state index contributed by atoms with van der Waals surface area (Å²) in [6, 6.07) is -0.543. The van der Waals surface area contributed by atoms with Crippen LogP contribution < -0.4 is 5.73 Å². The number of hydrogen-bond donors (Lipinski definition) is 1. The number of nitrogens with two attached hydrogens (primary N) is 1. The smallest absolute Gasteiger partial charge is 0.322 e. The number of unbranched alkanes of at least 4 members (excludes halogenated alkanes) is 2.